The number of carboxylic acids is 1. The summed E-state index contributed by atoms with van der Waals surface area (Å²) < 4.78 is 25.0. The number of hydrogen-bond acceptors (Lipinski definition) is 6. The van der Waals surface area contributed by atoms with E-state index in [4.69, 9.17) is 9.47 Å². The molecule has 2 N–H and O–H groups in total. The van der Waals surface area contributed by atoms with Crippen molar-refractivity contribution < 1.29 is 28.6 Å². The van der Waals surface area contributed by atoms with Crippen molar-refractivity contribution in [1.82, 2.24) is 0 Å². The van der Waals surface area contributed by atoms with Crippen LogP contribution in [0.15, 0.2) is 83.3 Å². The quantitative estimate of drug-likeness (QED) is 0.166. The number of benzene rings is 4. The number of carboxylic acid groups (broad SMARTS) is 1. The number of nitrogens with one attached hydrogen (secondary N) is 1. The first-order chi connectivity index (χ1) is 21.2. The molecular formula is C34H33BrFN3O5. The van der Waals surface area contributed by atoms with Gasteiger partial charge in [-0.2, -0.15) is 0 Å². The van der Waals surface area contributed by atoms with E-state index < -0.39 is 5.97 Å². The molecule has 0 radical (unpaired) electrons. The van der Waals surface area contributed by atoms with E-state index in [1.165, 1.54) is 31.7 Å². The number of hydrazine groups is 1. The van der Waals surface area contributed by atoms with Gasteiger partial charge in [-0.1, -0.05) is 28.1 Å². The summed E-state index contributed by atoms with van der Waals surface area (Å²) in [6.07, 6.45) is 3.29. The molecule has 1 aliphatic rings. The maximum Gasteiger partial charge on any atom is 0.339 e. The number of para-hydroxylation sites is 1. The third kappa shape index (κ3) is 7.14. The predicted octanol–water partition coefficient (Wildman–Crippen LogP) is 7.99. The van der Waals surface area contributed by atoms with E-state index in [1.54, 1.807) is 47.5 Å². The molecule has 44 heavy (non-hydrogen) atoms. The Balaban J connectivity index is 1.49. The van der Waals surface area contributed by atoms with Crippen LogP contribution in [0.4, 0.5) is 21.5 Å². The molecule has 0 unspecified atom stereocenters. The Morgan fingerprint density at radius 3 is 2.27 bits per heavy atom. The van der Waals surface area contributed by atoms with E-state index in [-0.39, 0.29) is 29.5 Å². The highest BCUT2D eigenvalue weighted by atomic mass is 79.9. The van der Waals surface area contributed by atoms with Gasteiger partial charge in [0, 0.05) is 17.6 Å². The van der Waals surface area contributed by atoms with Crippen molar-refractivity contribution in [3.63, 3.8) is 0 Å². The number of hydrogen-bond donors (Lipinski definition) is 2. The molecule has 228 valence electrons. The highest BCUT2D eigenvalue weighted by Gasteiger charge is 2.26. The van der Waals surface area contributed by atoms with Gasteiger partial charge in [0.1, 0.15) is 28.6 Å². The third-order valence-electron chi connectivity index (χ3n) is 7.47. The first-order valence-electron chi connectivity index (χ1n) is 14.3. The molecule has 1 saturated heterocycles. The number of methoxy groups -OCH3 is 1. The lowest BCUT2D eigenvalue weighted by atomic mass is 10.0. The van der Waals surface area contributed by atoms with Crippen LogP contribution in [0, 0.1) is 12.7 Å². The number of nitrogens with zero attached hydrogens (tertiary/aromatic N) is 2. The van der Waals surface area contributed by atoms with Gasteiger partial charge in [0.25, 0.3) is 0 Å². The van der Waals surface area contributed by atoms with Crippen LogP contribution in [0.5, 0.6) is 17.2 Å². The van der Waals surface area contributed by atoms with Gasteiger partial charge in [-0.15, -0.1) is 0 Å². The van der Waals surface area contributed by atoms with Gasteiger partial charge in [0.05, 0.1) is 30.6 Å². The molecule has 0 spiro atoms. The van der Waals surface area contributed by atoms with Crippen LogP contribution in [-0.2, 0) is 11.2 Å². The normalized spacial score (nSPS) is 12.9. The molecular weight excluding hydrogens is 629 g/mol. The molecule has 5 rings (SSSR count). The Morgan fingerprint density at radius 2 is 1.64 bits per heavy atom. The van der Waals surface area contributed by atoms with Gasteiger partial charge in [0.15, 0.2) is 0 Å². The largest absolute Gasteiger partial charge is 0.496 e. The molecule has 0 aromatic heterocycles. The summed E-state index contributed by atoms with van der Waals surface area (Å²) >= 11 is 3.46. The summed E-state index contributed by atoms with van der Waals surface area (Å²) in [5.41, 5.74) is 7.18. The lowest BCUT2D eigenvalue weighted by Crippen LogP contribution is -2.40. The number of carbonyl (C=O) groups excluding carboxylic acids is 1. The molecule has 1 fully saturated rings. The second-order valence-electron chi connectivity index (χ2n) is 10.5. The van der Waals surface area contributed by atoms with E-state index in [1.807, 2.05) is 25.1 Å². The summed E-state index contributed by atoms with van der Waals surface area (Å²) in [4.78, 5) is 28.2. The van der Waals surface area contributed by atoms with Gasteiger partial charge in [0.2, 0.25) is 5.91 Å². The fraction of sp³-hybridized carbons (Fsp3) is 0.235. The van der Waals surface area contributed by atoms with Crippen LogP contribution in [0.3, 0.4) is 0 Å². The fourth-order valence-corrected chi connectivity index (χ4v) is 5.73. The standard InChI is InChI=1S/C34H33BrFN3O5/c1-22-7-6-8-30(38-17-4-3-5-18-38)33(22)39(32(40)20-23-19-31(43-2)28(34(41)42)21-29(23)35)37-25-11-15-27(16-12-25)44-26-13-9-24(36)10-14-26/h6-16,19,21,37H,3-5,17-18,20H2,1-2H3,(H,41,42). The Bertz CT molecular complexity index is 1640. The number of aromatic carboxylic acids is 1. The van der Waals surface area contributed by atoms with Crippen LogP contribution in [-0.4, -0.2) is 37.2 Å². The lowest BCUT2D eigenvalue weighted by molar-refractivity contribution is -0.117. The van der Waals surface area contributed by atoms with Crippen LogP contribution in [0.2, 0.25) is 0 Å². The van der Waals surface area contributed by atoms with Gasteiger partial charge in [-0.3, -0.25) is 10.2 Å². The average Bonchev–Trinajstić information content (AvgIpc) is 3.03. The van der Waals surface area contributed by atoms with Crippen LogP contribution >= 0.6 is 15.9 Å². The molecule has 0 bridgehead atoms. The first-order valence-corrected chi connectivity index (χ1v) is 15.1. The van der Waals surface area contributed by atoms with Gasteiger partial charge >= 0.3 is 5.97 Å². The maximum absolute atomic E-state index is 14.2. The zero-order valence-electron chi connectivity index (χ0n) is 24.5. The van der Waals surface area contributed by atoms with Crippen LogP contribution in [0.25, 0.3) is 0 Å². The number of halogens is 2. The number of ether oxygens (including phenoxy) is 2. The van der Waals surface area contributed by atoms with Gasteiger partial charge < -0.3 is 19.5 Å². The average molecular weight is 663 g/mol. The minimum Gasteiger partial charge on any atom is -0.496 e. The summed E-state index contributed by atoms with van der Waals surface area (Å²) in [6.45, 7) is 3.77. The van der Waals surface area contributed by atoms with Crippen molar-refractivity contribution in [2.24, 2.45) is 0 Å². The first kappa shape index (κ1) is 30.9. The number of amides is 1. The monoisotopic (exact) mass is 661 g/mol. The number of piperidine rings is 1. The number of anilines is 3. The Morgan fingerprint density at radius 1 is 0.977 bits per heavy atom. The van der Waals surface area contributed by atoms with E-state index in [0.29, 0.717) is 27.2 Å². The second-order valence-corrected chi connectivity index (χ2v) is 11.4. The predicted molar refractivity (Wildman–Crippen MR) is 173 cm³/mol. The van der Waals surface area contributed by atoms with E-state index in [0.717, 1.165) is 42.9 Å². The summed E-state index contributed by atoms with van der Waals surface area (Å²) in [7, 11) is 1.40. The molecule has 0 saturated carbocycles. The van der Waals surface area contributed by atoms with E-state index in [2.05, 4.69) is 26.3 Å². The fourth-order valence-electron chi connectivity index (χ4n) is 5.24. The topological polar surface area (TPSA) is 91.3 Å². The van der Waals surface area contributed by atoms with Crippen molar-refractivity contribution >= 4 is 44.9 Å². The van der Waals surface area contributed by atoms with Gasteiger partial charge in [-0.25, -0.2) is 14.2 Å². The third-order valence-corrected chi connectivity index (χ3v) is 8.21. The molecule has 10 heteroatoms. The summed E-state index contributed by atoms with van der Waals surface area (Å²) in [6, 6.07) is 22.0. The molecule has 1 aliphatic heterocycles. The van der Waals surface area contributed by atoms with Crippen molar-refractivity contribution in [1.29, 1.82) is 0 Å². The zero-order chi connectivity index (χ0) is 31.2. The Kier molecular flexibility index (Phi) is 9.69. The smallest absolute Gasteiger partial charge is 0.339 e. The summed E-state index contributed by atoms with van der Waals surface area (Å²) in [5, 5.41) is 11.1. The van der Waals surface area contributed by atoms with E-state index >= 15 is 0 Å². The highest BCUT2D eigenvalue weighted by molar-refractivity contribution is 9.10. The van der Waals surface area contributed by atoms with Crippen molar-refractivity contribution in [3.8, 4) is 17.2 Å². The van der Waals surface area contributed by atoms with Crippen molar-refractivity contribution in [2.45, 2.75) is 32.6 Å². The molecule has 8 nitrogen and oxygen atoms in total. The number of rotatable bonds is 10. The van der Waals surface area contributed by atoms with Gasteiger partial charge in [-0.05, 0) is 104 Å². The molecule has 4 aromatic carbocycles. The Labute approximate surface area is 264 Å². The highest BCUT2D eigenvalue weighted by Crippen LogP contribution is 2.36. The van der Waals surface area contributed by atoms with Crippen LogP contribution in [0.1, 0.15) is 40.7 Å². The lowest BCUT2D eigenvalue weighted by Gasteiger charge is -2.35. The maximum atomic E-state index is 14.2. The molecule has 0 aliphatic carbocycles. The van der Waals surface area contributed by atoms with E-state index in [9.17, 15) is 19.1 Å². The molecule has 1 heterocycles. The second kappa shape index (κ2) is 13.8. The van der Waals surface area contributed by atoms with Crippen molar-refractivity contribution in [3.05, 3.63) is 106 Å². The summed E-state index contributed by atoms with van der Waals surface area (Å²) in [5.74, 6) is -0.490. The minimum atomic E-state index is -1.12. The molecule has 4 aromatic rings. The van der Waals surface area contributed by atoms with Crippen molar-refractivity contribution in [2.75, 3.05) is 35.5 Å². The van der Waals surface area contributed by atoms with Crippen LogP contribution < -0.4 is 24.8 Å². The number of aryl methyl sites for hydroxylation is 1. The Hall–Kier alpha value is -4.57. The SMILES string of the molecule is COc1cc(CC(=O)N(Nc2ccc(Oc3ccc(F)cc3)cc2)c2c(C)cccc2N2CCCCC2)c(Br)cc1C(=O)O. The molecule has 1 amide bonds. The zero-order valence-corrected chi connectivity index (χ0v) is 26.1. The minimum absolute atomic E-state index is 0.000195. The number of carbonyl (C=O) groups is 2. The molecule has 0 atom stereocenters.